The second kappa shape index (κ2) is 6.43. The Morgan fingerprint density at radius 1 is 1.12 bits per heavy atom. The summed E-state index contributed by atoms with van der Waals surface area (Å²) in [6.07, 6.45) is 0.820. The largest absolute Gasteiger partial charge is 0.494 e. The van der Waals surface area contributed by atoms with E-state index in [1.807, 2.05) is 0 Å². The molecule has 0 spiro atoms. The number of halogens is 1. The number of aromatic carboxylic acids is 2. The predicted molar refractivity (Wildman–Crippen MR) is 69.4 cm³/mol. The van der Waals surface area contributed by atoms with Crippen molar-refractivity contribution in [2.45, 2.75) is 6.42 Å². The Morgan fingerprint density at radius 2 is 1.65 bits per heavy atom. The second-order valence-corrected chi connectivity index (χ2v) is 4.33. The van der Waals surface area contributed by atoms with Gasteiger partial charge in [0, 0.05) is 4.43 Å². The van der Waals surface area contributed by atoms with Crippen LogP contribution in [-0.4, -0.2) is 33.2 Å². The molecule has 0 aliphatic heterocycles. The molecule has 0 amide bonds. The quantitative estimate of drug-likeness (QED) is 0.467. The number of hydrogen-bond donors (Lipinski definition) is 2. The molecule has 0 bridgehead atoms. The molecule has 2 N–H and O–H groups in total. The number of benzene rings is 1. The highest BCUT2D eigenvalue weighted by molar-refractivity contribution is 14.1. The number of ether oxygens (including phenoxy) is 1. The normalized spacial score (nSPS) is 9.94. The van der Waals surface area contributed by atoms with Crippen molar-refractivity contribution in [3.05, 3.63) is 29.3 Å². The molecular formula is C11H11IO5. The summed E-state index contributed by atoms with van der Waals surface area (Å²) in [5.74, 6) is -2.08. The van der Waals surface area contributed by atoms with Gasteiger partial charge in [-0.25, -0.2) is 9.59 Å². The smallest absolute Gasteiger partial charge is 0.335 e. The third kappa shape index (κ3) is 4.22. The van der Waals surface area contributed by atoms with Gasteiger partial charge in [0.1, 0.15) is 5.75 Å². The fourth-order valence-electron chi connectivity index (χ4n) is 1.17. The van der Waals surface area contributed by atoms with Gasteiger partial charge in [0.05, 0.1) is 17.7 Å². The summed E-state index contributed by atoms with van der Waals surface area (Å²) in [4.78, 5) is 21.6. The maximum Gasteiger partial charge on any atom is 0.335 e. The molecule has 92 valence electrons. The lowest BCUT2D eigenvalue weighted by Crippen LogP contribution is -2.05. The molecule has 1 aromatic rings. The minimum absolute atomic E-state index is 0.0885. The van der Waals surface area contributed by atoms with E-state index in [1.54, 1.807) is 0 Å². The lowest BCUT2D eigenvalue weighted by Gasteiger charge is -2.07. The average molecular weight is 350 g/mol. The molecule has 0 saturated carbocycles. The number of rotatable bonds is 6. The topological polar surface area (TPSA) is 83.8 Å². The highest BCUT2D eigenvalue weighted by Crippen LogP contribution is 2.18. The van der Waals surface area contributed by atoms with E-state index in [0.717, 1.165) is 16.9 Å². The van der Waals surface area contributed by atoms with Crippen LogP contribution in [0.4, 0.5) is 0 Å². The SMILES string of the molecule is O=C(O)c1cc(OCCCI)cc(C(=O)O)c1. The van der Waals surface area contributed by atoms with E-state index >= 15 is 0 Å². The highest BCUT2D eigenvalue weighted by Gasteiger charge is 2.11. The van der Waals surface area contributed by atoms with Crippen LogP contribution in [0, 0.1) is 0 Å². The van der Waals surface area contributed by atoms with Crippen molar-refractivity contribution in [1.29, 1.82) is 0 Å². The summed E-state index contributed by atoms with van der Waals surface area (Å²) in [5.41, 5.74) is -0.177. The van der Waals surface area contributed by atoms with Crippen LogP contribution >= 0.6 is 22.6 Å². The van der Waals surface area contributed by atoms with Crippen LogP contribution in [-0.2, 0) is 0 Å². The lowest BCUT2D eigenvalue weighted by atomic mass is 10.1. The average Bonchev–Trinajstić information content (AvgIpc) is 2.29. The summed E-state index contributed by atoms with van der Waals surface area (Å²) in [6, 6.07) is 3.75. The van der Waals surface area contributed by atoms with Gasteiger partial charge in [-0.2, -0.15) is 0 Å². The summed E-state index contributed by atoms with van der Waals surface area (Å²) in [6.45, 7) is 0.436. The van der Waals surface area contributed by atoms with Crippen molar-refractivity contribution in [3.8, 4) is 5.75 Å². The molecule has 0 aromatic heterocycles. The number of carboxylic acids is 2. The van der Waals surface area contributed by atoms with Crippen molar-refractivity contribution in [2.24, 2.45) is 0 Å². The number of hydrogen-bond acceptors (Lipinski definition) is 3. The molecule has 0 fully saturated rings. The molecule has 5 nitrogen and oxygen atoms in total. The lowest BCUT2D eigenvalue weighted by molar-refractivity contribution is 0.0696. The molecule has 0 heterocycles. The van der Waals surface area contributed by atoms with Gasteiger partial charge >= 0.3 is 11.9 Å². The van der Waals surface area contributed by atoms with Crippen LogP contribution in [0.2, 0.25) is 0 Å². The van der Waals surface area contributed by atoms with Crippen LogP contribution in [0.1, 0.15) is 27.1 Å². The molecule has 0 aliphatic carbocycles. The van der Waals surface area contributed by atoms with E-state index in [9.17, 15) is 9.59 Å². The number of carbonyl (C=O) groups is 2. The van der Waals surface area contributed by atoms with Crippen LogP contribution in [0.15, 0.2) is 18.2 Å². The van der Waals surface area contributed by atoms with Crippen molar-refractivity contribution < 1.29 is 24.5 Å². The van der Waals surface area contributed by atoms with Gasteiger partial charge in [0.25, 0.3) is 0 Å². The molecule has 17 heavy (non-hydrogen) atoms. The molecule has 6 heteroatoms. The Balaban J connectivity index is 2.95. The van der Waals surface area contributed by atoms with Crippen LogP contribution in [0.5, 0.6) is 5.75 Å². The zero-order valence-corrected chi connectivity index (χ0v) is 11.0. The van der Waals surface area contributed by atoms with Crippen molar-refractivity contribution in [3.63, 3.8) is 0 Å². The van der Waals surface area contributed by atoms with Crippen LogP contribution in [0.25, 0.3) is 0 Å². The molecule has 0 atom stereocenters. The van der Waals surface area contributed by atoms with Gasteiger partial charge < -0.3 is 14.9 Å². The number of carboxylic acid groups (broad SMARTS) is 2. The molecule has 0 unspecified atom stereocenters. The first-order chi connectivity index (χ1) is 8.04. The van der Waals surface area contributed by atoms with Gasteiger partial charge in [-0.15, -0.1) is 0 Å². The Labute approximate surface area is 112 Å². The van der Waals surface area contributed by atoms with E-state index in [1.165, 1.54) is 12.1 Å². The Morgan fingerprint density at radius 3 is 2.06 bits per heavy atom. The van der Waals surface area contributed by atoms with Crippen molar-refractivity contribution in [1.82, 2.24) is 0 Å². The molecule has 0 aliphatic rings. The van der Waals surface area contributed by atoms with E-state index in [-0.39, 0.29) is 16.9 Å². The van der Waals surface area contributed by atoms with Gasteiger partial charge in [0.15, 0.2) is 0 Å². The van der Waals surface area contributed by atoms with Crippen molar-refractivity contribution >= 4 is 34.5 Å². The Bertz CT molecular complexity index is 398. The minimum atomic E-state index is -1.17. The van der Waals surface area contributed by atoms with Crippen LogP contribution in [0.3, 0.4) is 0 Å². The van der Waals surface area contributed by atoms with Gasteiger partial charge in [0.2, 0.25) is 0 Å². The summed E-state index contributed by atoms with van der Waals surface area (Å²) in [7, 11) is 0. The minimum Gasteiger partial charge on any atom is -0.494 e. The van der Waals surface area contributed by atoms with Gasteiger partial charge in [-0.3, -0.25) is 0 Å². The fraction of sp³-hybridized carbons (Fsp3) is 0.273. The standard InChI is InChI=1S/C11H11IO5/c12-2-1-3-17-9-5-7(10(13)14)4-8(6-9)11(15)16/h4-6H,1-3H2,(H,13,14)(H,15,16). The maximum absolute atomic E-state index is 10.8. The Kier molecular flexibility index (Phi) is 5.20. The van der Waals surface area contributed by atoms with Crippen LogP contribution < -0.4 is 4.74 Å². The number of alkyl halides is 1. The fourth-order valence-corrected chi connectivity index (χ4v) is 1.49. The van der Waals surface area contributed by atoms with E-state index in [0.29, 0.717) is 6.61 Å². The zero-order chi connectivity index (χ0) is 12.8. The van der Waals surface area contributed by atoms with E-state index in [2.05, 4.69) is 22.6 Å². The third-order valence-electron chi connectivity index (χ3n) is 1.95. The third-order valence-corrected chi connectivity index (χ3v) is 2.71. The van der Waals surface area contributed by atoms with Gasteiger partial charge in [-0.05, 0) is 24.6 Å². The van der Waals surface area contributed by atoms with Crippen molar-refractivity contribution in [2.75, 3.05) is 11.0 Å². The summed E-state index contributed by atoms with van der Waals surface area (Å²) < 4.78 is 6.22. The molecular weight excluding hydrogens is 339 g/mol. The first-order valence-corrected chi connectivity index (χ1v) is 6.37. The molecule has 0 saturated heterocycles. The van der Waals surface area contributed by atoms with E-state index in [4.69, 9.17) is 14.9 Å². The summed E-state index contributed by atoms with van der Waals surface area (Å²) in [5, 5.41) is 17.7. The predicted octanol–water partition coefficient (Wildman–Crippen LogP) is 2.29. The Hall–Kier alpha value is -1.31. The maximum atomic E-state index is 10.8. The summed E-state index contributed by atoms with van der Waals surface area (Å²) >= 11 is 2.20. The zero-order valence-electron chi connectivity index (χ0n) is 8.85. The van der Waals surface area contributed by atoms with Gasteiger partial charge in [-0.1, -0.05) is 22.6 Å². The highest BCUT2D eigenvalue weighted by atomic mass is 127. The molecule has 0 radical (unpaired) electrons. The second-order valence-electron chi connectivity index (χ2n) is 3.25. The van der Waals surface area contributed by atoms with E-state index < -0.39 is 11.9 Å². The molecule has 1 aromatic carbocycles. The first kappa shape index (κ1) is 13.8. The first-order valence-electron chi connectivity index (χ1n) is 4.85. The molecule has 1 rings (SSSR count). The monoisotopic (exact) mass is 350 g/mol.